The molecular weight excluding hydrogens is 229 g/mol. The lowest BCUT2D eigenvalue weighted by atomic mass is 10.3. The summed E-state index contributed by atoms with van der Waals surface area (Å²) in [4.78, 5) is 11.3. The van der Waals surface area contributed by atoms with E-state index in [9.17, 15) is 18.0 Å². The fraction of sp³-hybridized carbons (Fsp3) is 0.875. The summed E-state index contributed by atoms with van der Waals surface area (Å²) in [6, 6.07) is -0.249. The van der Waals surface area contributed by atoms with Crippen molar-refractivity contribution in [2.24, 2.45) is 0 Å². The molecule has 1 fully saturated rings. The highest BCUT2D eigenvalue weighted by Crippen LogP contribution is 2.20. The number of alkyl halides is 3. The highest BCUT2D eigenvalue weighted by molar-refractivity contribution is 7.99. The van der Waals surface area contributed by atoms with Crippen molar-refractivity contribution in [1.29, 1.82) is 0 Å². The maximum atomic E-state index is 11.8. The predicted octanol–water partition coefficient (Wildman–Crippen LogP) is 1.11. The second kappa shape index (κ2) is 5.60. The van der Waals surface area contributed by atoms with Crippen LogP contribution in [0.3, 0.4) is 0 Å². The van der Waals surface area contributed by atoms with E-state index in [1.165, 1.54) is 0 Å². The quantitative estimate of drug-likeness (QED) is 0.726. The number of carbonyl (C=O) groups is 1. The zero-order valence-electron chi connectivity index (χ0n) is 8.06. The zero-order valence-corrected chi connectivity index (χ0v) is 8.88. The first-order valence-corrected chi connectivity index (χ1v) is 5.80. The fourth-order valence-corrected chi connectivity index (χ4v) is 2.13. The van der Waals surface area contributed by atoms with Gasteiger partial charge in [0, 0.05) is 24.6 Å². The largest absolute Gasteiger partial charge is 0.389 e. The van der Waals surface area contributed by atoms with Gasteiger partial charge in [0.2, 0.25) is 5.91 Å². The molecule has 0 aliphatic carbocycles. The second-order valence-electron chi connectivity index (χ2n) is 3.28. The summed E-state index contributed by atoms with van der Waals surface area (Å²) < 4.78 is 35.3. The number of hydrogen-bond acceptors (Lipinski definition) is 3. The SMILES string of the molecule is O=C(NCCCC(F)(F)F)C1CSCN1. The van der Waals surface area contributed by atoms with E-state index in [0.29, 0.717) is 5.75 Å². The number of halogens is 3. The lowest BCUT2D eigenvalue weighted by Gasteiger charge is -2.11. The van der Waals surface area contributed by atoms with E-state index in [0.717, 1.165) is 5.88 Å². The minimum absolute atomic E-state index is 0.0604. The van der Waals surface area contributed by atoms with Crippen LogP contribution in [0.4, 0.5) is 13.2 Å². The number of carbonyl (C=O) groups excluding carboxylic acids is 1. The van der Waals surface area contributed by atoms with Crippen molar-refractivity contribution in [2.75, 3.05) is 18.2 Å². The standard InChI is InChI=1S/C8H13F3N2OS/c9-8(10,11)2-1-3-12-7(14)6-4-15-5-13-6/h6,13H,1-5H2,(H,12,14). The zero-order chi connectivity index (χ0) is 11.3. The molecule has 1 saturated heterocycles. The summed E-state index contributed by atoms with van der Waals surface area (Å²) in [5, 5.41) is 5.42. The van der Waals surface area contributed by atoms with Gasteiger partial charge in [-0.2, -0.15) is 13.2 Å². The Morgan fingerprint density at radius 2 is 2.27 bits per heavy atom. The average Bonchev–Trinajstić information content (AvgIpc) is 2.63. The number of amides is 1. The van der Waals surface area contributed by atoms with Crippen molar-refractivity contribution < 1.29 is 18.0 Å². The van der Waals surface area contributed by atoms with Gasteiger partial charge < -0.3 is 5.32 Å². The van der Waals surface area contributed by atoms with E-state index in [4.69, 9.17) is 0 Å². The summed E-state index contributed by atoms with van der Waals surface area (Å²) in [6.45, 7) is 0.0845. The Kier molecular flexibility index (Phi) is 4.72. The van der Waals surface area contributed by atoms with E-state index < -0.39 is 12.6 Å². The molecule has 2 N–H and O–H groups in total. The molecule has 0 radical (unpaired) electrons. The molecule has 0 aromatic carbocycles. The van der Waals surface area contributed by atoms with Crippen LogP contribution < -0.4 is 10.6 Å². The van der Waals surface area contributed by atoms with Gasteiger partial charge in [0.05, 0.1) is 6.04 Å². The summed E-state index contributed by atoms with van der Waals surface area (Å²) in [5.74, 6) is 1.20. The first kappa shape index (κ1) is 12.6. The van der Waals surface area contributed by atoms with Crippen LogP contribution >= 0.6 is 11.8 Å². The molecule has 15 heavy (non-hydrogen) atoms. The maximum Gasteiger partial charge on any atom is 0.389 e. The molecule has 1 aliphatic rings. The van der Waals surface area contributed by atoms with Gasteiger partial charge in [-0.15, -0.1) is 11.8 Å². The first-order valence-electron chi connectivity index (χ1n) is 4.64. The van der Waals surface area contributed by atoms with Crippen molar-refractivity contribution in [3.05, 3.63) is 0 Å². The third kappa shape index (κ3) is 5.27. The molecule has 0 aromatic rings. The summed E-state index contributed by atoms with van der Waals surface area (Å²) in [5.41, 5.74) is 0. The summed E-state index contributed by atoms with van der Waals surface area (Å²) in [6.07, 6.45) is -5.04. The van der Waals surface area contributed by atoms with Crippen molar-refractivity contribution in [1.82, 2.24) is 10.6 Å². The Labute approximate surface area is 90.2 Å². The fourth-order valence-electron chi connectivity index (χ4n) is 1.19. The number of nitrogens with one attached hydrogen (secondary N) is 2. The van der Waals surface area contributed by atoms with E-state index in [1.54, 1.807) is 11.8 Å². The molecule has 0 spiro atoms. The third-order valence-corrected chi connectivity index (χ3v) is 2.91. The summed E-state index contributed by atoms with van der Waals surface area (Å²) in [7, 11) is 0. The van der Waals surface area contributed by atoms with E-state index >= 15 is 0 Å². The molecule has 7 heteroatoms. The van der Waals surface area contributed by atoms with Crippen molar-refractivity contribution >= 4 is 17.7 Å². The van der Waals surface area contributed by atoms with Crippen LogP contribution in [0.5, 0.6) is 0 Å². The molecule has 1 rings (SSSR count). The van der Waals surface area contributed by atoms with Gasteiger partial charge in [0.1, 0.15) is 0 Å². The van der Waals surface area contributed by atoms with Crippen molar-refractivity contribution in [3.8, 4) is 0 Å². The third-order valence-electron chi connectivity index (χ3n) is 1.97. The van der Waals surface area contributed by atoms with Gasteiger partial charge in [0.15, 0.2) is 0 Å². The van der Waals surface area contributed by atoms with Crippen LogP contribution in [0.2, 0.25) is 0 Å². The van der Waals surface area contributed by atoms with Gasteiger partial charge in [-0.25, -0.2) is 0 Å². The molecule has 3 nitrogen and oxygen atoms in total. The Bertz CT molecular complexity index is 216. The van der Waals surface area contributed by atoms with Crippen molar-refractivity contribution in [3.63, 3.8) is 0 Å². The van der Waals surface area contributed by atoms with Crippen LogP contribution in [-0.4, -0.2) is 36.3 Å². The Morgan fingerprint density at radius 1 is 1.53 bits per heavy atom. The topological polar surface area (TPSA) is 41.1 Å². The van der Waals surface area contributed by atoms with Crippen LogP contribution in [-0.2, 0) is 4.79 Å². The van der Waals surface area contributed by atoms with Gasteiger partial charge in [-0.3, -0.25) is 10.1 Å². The molecular formula is C8H13F3N2OS. The highest BCUT2D eigenvalue weighted by Gasteiger charge is 2.26. The monoisotopic (exact) mass is 242 g/mol. The lowest BCUT2D eigenvalue weighted by molar-refractivity contribution is -0.136. The Morgan fingerprint density at radius 3 is 2.80 bits per heavy atom. The molecule has 1 amide bonds. The van der Waals surface area contributed by atoms with Crippen molar-refractivity contribution in [2.45, 2.75) is 25.1 Å². The lowest BCUT2D eigenvalue weighted by Crippen LogP contribution is -2.42. The van der Waals surface area contributed by atoms with E-state index in [1.807, 2.05) is 0 Å². The van der Waals surface area contributed by atoms with E-state index in [-0.39, 0.29) is 24.9 Å². The summed E-state index contributed by atoms with van der Waals surface area (Å²) >= 11 is 1.60. The van der Waals surface area contributed by atoms with E-state index in [2.05, 4.69) is 10.6 Å². The maximum absolute atomic E-state index is 11.8. The van der Waals surface area contributed by atoms with Gasteiger partial charge in [0.25, 0.3) is 0 Å². The van der Waals surface area contributed by atoms with Crippen LogP contribution in [0.1, 0.15) is 12.8 Å². The predicted molar refractivity (Wildman–Crippen MR) is 52.5 cm³/mol. The normalized spacial score (nSPS) is 21.7. The van der Waals surface area contributed by atoms with Crippen LogP contribution in [0, 0.1) is 0 Å². The second-order valence-corrected chi connectivity index (χ2v) is 4.31. The molecule has 1 aliphatic heterocycles. The smallest absolute Gasteiger partial charge is 0.355 e. The minimum Gasteiger partial charge on any atom is -0.355 e. The first-order chi connectivity index (χ1) is 6.99. The minimum atomic E-state index is -4.13. The van der Waals surface area contributed by atoms with Crippen LogP contribution in [0.15, 0.2) is 0 Å². The Balaban J connectivity index is 2.07. The number of rotatable bonds is 4. The number of thioether (sulfide) groups is 1. The molecule has 1 unspecified atom stereocenters. The molecule has 1 heterocycles. The van der Waals surface area contributed by atoms with Gasteiger partial charge in [-0.1, -0.05) is 0 Å². The highest BCUT2D eigenvalue weighted by atomic mass is 32.2. The Hall–Kier alpha value is -0.430. The molecule has 88 valence electrons. The molecule has 1 atom stereocenters. The molecule has 0 bridgehead atoms. The van der Waals surface area contributed by atoms with Crippen LogP contribution in [0.25, 0.3) is 0 Å². The number of hydrogen-bond donors (Lipinski definition) is 2. The van der Waals surface area contributed by atoms with Gasteiger partial charge in [-0.05, 0) is 6.42 Å². The molecule has 0 saturated carbocycles. The molecule has 0 aromatic heterocycles. The average molecular weight is 242 g/mol. The van der Waals surface area contributed by atoms with Gasteiger partial charge >= 0.3 is 6.18 Å².